The molecule has 0 aliphatic carbocycles. The number of hydrogen-bond donors (Lipinski definition) is 0. The van der Waals surface area contributed by atoms with Crippen molar-refractivity contribution in [2.45, 2.75) is 25.8 Å². The van der Waals surface area contributed by atoms with Crippen molar-refractivity contribution >= 4 is 11.9 Å². The van der Waals surface area contributed by atoms with Gasteiger partial charge in [0.1, 0.15) is 0 Å². The fourth-order valence-corrected chi connectivity index (χ4v) is 2.13. The van der Waals surface area contributed by atoms with Crippen molar-refractivity contribution in [3.05, 3.63) is 34.7 Å². The van der Waals surface area contributed by atoms with Crippen LogP contribution in [0.3, 0.4) is 0 Å². The van der Waals surface area contributed by atoms with Crippen LogP contribution in [0.2, 0.25) is 0 Å². The molecular formula is C14H18N2O4. The molecule has 2 rings (SSSR count). The lowest BCUT2D eigenvalue weighted by molar-refractivity contribution is -0.151. The number of aromatic nitrogens is 1. The van der Waals surface area contributed by atoms with Gasteiger partial charge in [-0.05, 0) is 18.9 Å². The molecule has 0 spiro atoms. The normalized spacial score (nSPS) is 14.3. The lowest BCUT2D eigenvalue weighted by atomic mass is 10.4. The van der Waals surface area contributed by atoms with Gasteiger partial charge >= 0.3 is 5.97 Å². The van der Waals surface area contributed by atoms with Crippen molar-refractivity contribution in [3.63, 3.8) is 0 Å². The summed E-state index contributed by atoms with van der Waals surface area (Å²) in [6, 6.07) is 4.80. The summed E-state index contributed by atoms with van der Waals surface area (Å²) in [5.74, 6) is -0.610. The number of carbonyl (C=O) groups is 2. The molecule has 1 aliphatic heterocycles. The Kier molecular flexibility index (Phi) is 4.92. The minimum Gasteiger partial charge on any atom is -0.456 e. The second-order valence-corrected chi connectivity index (χ2v) is 4.73. The van der Waals surface area contributed by atoms with E-state index in [1.807, 2.05) is 0 Å². The molecule has 1 fully saturated rings. The van der Waals surface area contributed by atoms with Gasteiger partial charge in [0, 0.05) is 31.9 Å². The third-order valence-corrected chi connectivity index (χ3v) is 3.27. The molecule has 1 amide bonds. The number of amides is 1. The van der Waals surface area contributed by atoms with Gasteiger partial charge < -0.3 is 14.2 Å². The number of carbonyl (C=O) groups excluding carboxylic acids is 2. The highest BCUT2D eigenvalue weighted by Crippen LogP contribution is 2.07. The molecule has 6 heteroatoms. The number of rotatable bonds is 5. The van der Waals surface area contributed by atoms with Gasteiger partial charge in [-0.2, -0.15) is 0 Å². The maximum atomic E-state index is 11.7. The van der Waals surface area contributed by atoms with E-state index in [1.54, 1.807) is 23.2 Å². The Bertz CT molecular complexity index is 532. The summed E-state index contributed by atoms with van der Waals surface area (Å²) in [6.07, 6.45) is 3.72. The average molecular weight is 278 g/mol. The third kappa shape index (κ3) is 3.94. The van der Waals surface area contributed by atoms with Crippen LogP contribution in [-0.2, 0) is 20.9 Å². The Morgan fingerprint density at radius 1 is 1.20 bits per heavy atom. The predicted molar refractivity (Wildman–Crippen MR) is 72.1 cm³/mol. The van der Waals surface area contributed by atoms with Gasteiger partial charge in [-0.1, -0.05) is 6.07 Å². The summed E-state index contributed by atoms with van der Waals surface area (Å²) < 4.78 is 6.37. The maximum Gasteiger partial charge on any atom is 0.308 e. The summed E-state index contributed by atoms with van der Waals surface area (Å²) in [7, 11) is 0. The van der Waals surface area contributed by atoms with E-state index >= 15 is 0 Å². The molecule has 0 saturated carbocycles. The zero-order valence-corrected chi connectivity index (χ0v) is 11.3. The first-order valence-corrected chi connectivity index (χ1v) is 6.76. The Hall–Kier alpha value is -2.11. The number of nitrogens with zero attached hydrogens (tertiary/aromatic N) is 2. The van der Waals surface area contributed by atoms with Gasteiger partial charge in [0.15, 0.2) is 6.61 Å². The van der Waals surface area contributed by atoms with Crippen LogP contribution >= 0.6 is 0 Å². The Labute approximate surface area is 116 Å². The van der Waals surface area contributed by atoms with Crippen LogP contribution in [0.5, 0.6) is 0 Å². The molecule has 0 aromatic carbocycles. The van der Waals surface area contributed by atoms with Crippen molar-refractivity contribution < 1.29 is 14.3 Å². The van der Waals surface area contributed by atoms with Crippen LogP contribution < -0.4 is 5.56 Å². The fourth-order valence-electron chi connectivity index (χ4n) is 2.13. The molecule has 2 heterocycles. The Balaban J connectivity index is 1.71. The second kappa shape index (κ2) is 6.88. The van der Waals surface area contributed by atoms with Crippen LogP contribution in [0.4, 0.5) is 0 Å². The first-order valence-electron chi connectivity index (χ1n) is 6.76. The number of ether oxygens (including phenoxy) is 1. The van der Waals surface area contributed by atoms with Crippen LogP contribution in [0.1, 0.15) is 19.3 Å². The quantitative estimate of drug-likeness (QED) is 0.731. The minimum absolute atomic E-state index is 0.0806. The molecule has 1 aromatic rings. The van der Waals surface area contributed by atoms with E-state index in [9.17, 15) is 14.4 Å². The molecule has 1 aliphatic rings. The minimum atomic E-state index is -0.465. The largest absolute Gasteiger partial charge is 0.456 e. The van der Waals surface area contributed by atoms with Crippen molar-refractivity contribution in [1.29, 1.82) is 0 Å². The highest BCUT2D eigenvalue weighted by Gasteiger charge is 2.18. The van der Waals surface area contributed by atoms with E-state index in [-0.39, 0.29) is 31.0 Å². The topological polar surface area (TPSA) is 68.6 Å². The predicted octanol–water partition coefficient (Wildman–Crippen LogP) is 0.404. The lowest BCUT2D eigenvalue weighted by Gasteiger charge is -2.14. The molecule has 0 N–H and O–H groups in total. The van der Waals surface area contributed by atoms with E-state index in [4.69, 9.17) is 4.74 Å². The first kappa shape index (κ1) is 14.3. The number of esters is 1. The number of likely N-dealkylation sites (tertiary alicyclic amines) is 1. The highest BCUT2D eigenvalue weighted by atomic mass is 16.5. The molecule has 20 heavy (non-hydrogen) atoms. The van der Waals surface area contributed by atoms with Gasteiger partial charge in [-0.15, -0.1) is 0 Å². The van der Waals surface area contributed by atoms with Crippen molar-refractivity contribution in [2.75, 3.05) is 19.7 Å². The SMILES string of the molecule is O=C(CCn1ccccc1=O)OCC(=O)N1CCCC1. The van der Waals surface area contributed by atoms with Gasteiger partial charge in [0.05, 0.1) is 6.42 Å². The molecule has 1 saturated heterocycles. The van der Waals surface area contributed by atoms with Crippen LogP contribution in [-0.4, -0.2) is 41.0 Å². The molecule has 1 aromatic heterocycles. The summed E-state index contributed by atoms with van der Waals surface area (Å²) in [4.78, 5) is 36.3. The number of pyridine rings is 1. The molecule has 0 radical (unpaired) electrons. The highest BCUT2D eigenvalue weighted by molar-refractivity contribution is 5.80. The molecule has 0 bridgehead atoms. The van der Waals surface area contributed by atoms with E-state index in [0.29, 0.717) is 0 Å². The van der Waals surface area contributed by atoms with E-state index in [0.717, 1.165) is 25.9 Å². The van der Waals surface area contributed by atoms with Crippen LogP contribution in [0.25, 0.3) is 0 Å². The van der Waals surface area contributed by atoms with Gasteiger partial charge in [-0.25, -0.2) is 0 Å². The van der Waals surface area contributed by atoms with Crippen LogP contribution in [0, 0.1) is 0 Å². The lowest BCUT2D eigenvalue weighted by Crippen LogP contribution is -2.32. The fraction of sp³-hybridized carbons (Fsp3) is 0.500. The summed E-state index contributed by atoms with van der Waals surface area (Å²) >= 11 is 0. The van der Waals surface area contributed by atoms with Crippen molar-refractivity contribution in [2.24, 2.45) is 0 Å². The molecule has 0 unspecified atom stereocenters. The van der Waals surface area contributed by atoms with Crippen LogP contribution in [0.15, 0.2) is 29.2 Å². The van der Waals surface area contributed by atoms with E-state index in [1.165, 1.54) is 10.6 Å². The van der Waals surface area contributed by atoms with Crippen molar-refractivity contribution in [3.8, 4) is 0 Å². The molecule has 0 atom stereocenters. The van der Waals surface area contributed by atoms with Gasteiger partial charge in [-0.3, -0.25) is 14.4 Å². The summed E-state index contributed by atoms with van der Waals surface area (Å²) in [5.41, 5.74) is -0.159. The maximum absolute atomic E-state index is 11.7. The monoisotopic (exact) mass is 278 g/mol. The first-order chi connectivity index (χ1) is 9.66. The molecule has 108 valence electrons. The standard InChI is InChI=1S/C14H18N2O4/c17-12-5-1-2-7-16(12)10-6-14(19)20-11-13(18)15-8-3-4-9-15/h1-2,5,7H,3-4,6,8-11H2. The Morgan fingerprint density at radius 3 is 2.65 bits per heavy atom. The molecule has 6 nitrogen and oxygen atoms in total. The van der Waals surface area contributed by atoms with Gasteiger partial charge in [0.25, 0.3) is 11.5 Å². The summed E-state index contributed by atoms with van der Waals surface area (Å²) in [6.45, 7) is 1.55. The zero-order chi connectivity index (χ0) is 14.4. The number of hydrogen-bond acceptors (Lipinski definition) is 4. The Morgan fingerprint density at radius 2 is 1.95 bits per heavy atom. The second-order valence-electron chi connectivity index (χ2n) is 4.73. The summed E-state index contributed by atoms with van der Waals surface area (Å²) in [5, 5.41) is 0. The zero-order valence-electron chi connectivity index (χ0n) is 11.3. The van der Waals surface area contributed by atoms with E-state index in [2.05, 4.69) is 0 Å². The smallest absolute Gasteiger partial charge is 0.308 e. The average Bonchev–Trinajstić information content (AvgIpc) is 2.98. The number of aryl methyl sites for hydroxylation is 1. The molecular weight excluding hydrogens is 260 g/mol. The van der Waals surface area contributed by atoms with E-state index < -0.39 is 5.97 Å². The van der Waals surface area contributed by atoms with Gasteiger partial charge in [0.2, 0.25) is 0 Å². The third-order valence-electron chi connectivity index (χ3n) is 3.27. The van der Waals surface area contributed by atoms with Crippen molar-refractivity contribution in [1.82, 2.24) is 9.47 Å².